The molecule has 0 saturated carbocycles. The Labute approximate surface area is 146 Å². The molecule has 0 unspecified atom stereocenters. The first-order chi connectivity index (χ1) is 10.5. The Morgan fingerprint density at radius 2 is 1.77 bits per heavy atom. The van der Waals surface area contributed by atoms with E-state index >= 15 is 0 Å². The van der Waals surface area contributed by atoms with E-state index in [0.29, 0.717) is 21.5 Å². The third-order valence-electron chi connectivity index (χ3n) is 2.74. The average Bonchev–Trinajstić information content (AvgIpc) is 2.46. The fourth-order valence-corrected chi connectivity index (χ4v) is 3.43. The van der Waals surface area contributed by atoms with Crippen LogP contribution in [0, 0.1) is 5.82 Å². The lowest BCUT2D eigenvalue weighted by Gasteiger charge is -2.08. The van der Waals surface area contributed by atoms with Crippen molar-refractivity contribution in [2.75, 3.05) is 11.1 Å². The van der Waals surface area contributed by atoms with Gasteiger partial charge in [-0.3, -0.25) is 4.79 Å². The van der Waals surface area contributed by atoms with Crippen LogP contribution in [0.4, 0.5) is 10.1 Å². The Morgan fingerprint density at radius 3 is 2.41 bits per heavy atom. The number of hydrogen-bond acceptors (Lipinski definition) is 2. The van der Waals surface area contributed by atoms with E-state index in [4.69, 9.17) is 34.8 Å². The molecule has 0 atom stereocenters. The third-order valence-corrected chi connectivity index (χ3v) is 4.70. The number of thioether (sulfide) groups is 1. The van der Waals surface area contributed by atoms with Crippen LogP contribution in [0.2, 0.25) is 15.1 Å². The first-order valence-corrected chi connectivity index (χ1v) is 8.52. The number of carbonyl (C=O) groups is 1. The molecule has 0 aromatic heterocycles. The van der Waals surface area contributed by atoms with Gasteiger partial charge in [0.1, 0.15) is 5.82 Å². The standard InChI is InChI=1S/C15H11Cl3FNOS/c16-11-2-1-3-12(17)10(11)7-22-8-15(21)20-9-4-5-14(19)13(18)6-9/h1-6H,7-8H2,(H,20,21). The summed E-state index contributed by atoms with van der Waals surface area (Å²) in [6, 6.07) is 9.30. The maximum atomic E-state index is 13.0. The van der Waals surface area contributed by atoms with Crippen LogP contribution in [0.1, 0.15) is 5.56 Å². The molecule has 1 N–H and O–H groups in total. The molecular formula is C15H11Cl3FNOS. The molecule has 116 valence electrons. The fraction of sp³-hybridized carbons (Fsp3) is 0.133. The van der Waals surface area contributed by atoms with Gasteiger partial charge in [-0.2, -0.15) is 0 Å². The summed E-state index contributed by atoms with van der Waals surface area (Å²) in [4.78, 5) is 11.8. The predicted molar refractivity (Wildman–Crippen MR) is 92.7 cm³/mol. The lowest BCUT2D eigenvalue weighted by molar-refractivity contribution is -0.113. The molecule has 1 amide bonds. The summed E-state index contributed by atoms with van der Waals surface area (Å²) in [5.74, 6) is 0.00498. The smallest absolute Gasteiger partial charge is 0.234 e. The van der Waals surface area contributed by atoms with Gasteiger partial charge in [-0.05, 0) is 35.9 Å². The van der Waals surface area contributed by atoms with Gasteiger partial charge >= 0.3 is 0 Å². The first kappa shape index (κ1) is 17.4. The second kappa shape index (κ2) is 8.06. The second-order valence-electron chi connectivity index (χ2n) is 4.37. The molecular weight excluding hydrogens is 368 g/mol. The highest BCUT2D eigenvalue weighted by molar-refractivity contribution is 7.99. The quantitative estimate of drug-likeness (QED) is 0.727. The number of nitrogens with one attached hydrogen (secondary N) is 1. The van der Waals surface area contributed by atoms with Gasteiger partial charge in [-0.1, -0.05) is 40.9 Å². The van der Waals surface area contributed by atoms with Gasteiger partial charge in [0, 0.05) is 21.5 Å². The summed E-state index contributed by atoms with van der Waals surface area (Å²) in [5, 5.41) is 3.76. The second-order valence-corrected chi connectivity index (χ2v) is 6.58. The predicted octanol–water partition coefficient (Wildman–Crippen LogP) is 5.66. The number of halogens is 4. The topological polar surface area (TPSA) is 29.1 Å². The molecule has 2 aromatic carbocycles. The molecule has 0 radical (unpaired) electrons. The van der Waals surface area contributed by atoms with E-state index in [-0.39, 0.29) is 16.7 Å². The van der Waals surface area contributed by atoms with Gasteiger partial charge in [-0.15, -0.1) is 11.8 Å². The molecule has 0 saturated heterocycles. The molecule has 0 bridgehead atoms. The van der Waals surface area contributed by atoms with Crippen molar-refractivity contribution in [3.63, 3.8) is 0 Å². The molecule has 0 aliphatic carbocycles. The average molecular weight is 379 g/mol. The summed E-state index contributed by atoms with van der Waals surface area (Å²) < 4.78 is 13.0. The highest BCUT2D eigenvalue weighted by Crippen LogP contribution is 2.28. The Kier molecular flexibility index (Phi) is 6.38. The van der Waals surface area contributed by atoms with Crippen LogP contribution < -0.4 is 5.32 Å². The molecule has 0 aliphatic rings. The number of rotatable bonds is 5. The largest absolute Gasteiger partial charge is 0.325 e. The van der Waals surface area contributed by atoms with Gasteiger partial charge in [0.15, 0.2) is 0 Å². The maximum Gasteiger partial charge on any atom is 0.234 e. The van der Waals surface area contributed by atoms with E-state index in [0.717, 1.165) is 5.56 Å². The summed E-state index contributed by atoms with van der Waals surface area (Å²) in [7, 11) is 0. The molecule has 2 aromatic rings. The van der Waals surface area contributed by atoms with Crippen LogP contribution in [0.25, 0.3) is 0 Å². The zero-order chi connectivity index (χ0) is 16.1. The van der Waals surface area contributed by atoms with E-state index in [2.05, 4.69) is 5.32 Å². The van der Waals surface area contributed by atoms with Crippen LogP contribution in [0.3, 0.4) is 0 Å². The minimum absolute atomic E-state index is 0.0340. The van der Waals surface area contributed by atoms with Crippen molar-refractivity contribution in [2.45, 2.75) is 5.75 Å². The van der Waals surface area contributed by atoms with E-state index < -0.39 is 5.82 Å². The van der Waals surface area contributed by atoms with Crippen molar-refractivity contribution in [3.8, 4) is 0 Å². The van der Waals surface area contributed by atoms with Crippen molar-refractivity contribution in [3.05, 3.63) is 62.8 Å². The minimum Gasteiger partial charge on any atom is -0.325 e. The van der Waals surface area contributed by atoms with Crippen molar-refractivity contribution in [1.82, 2.24) is 0 Å². The number of anilines is 1. The van der Waals surface area contributed by atoms with Crippen LogP contribution in [0.5, 0.6) is 0 Å². The number of hydrogen-bond donors (Lipinski definition) is 1. The number of amides is 1. The molecule has 0 fully saturated rings. The Morgan fingerprint density at radius 1 is 1.09 bits per heavy atom. The highest BCUT2D eigenvalue weighted by atomic mass is 35.5. The summed E-state index contributed by atoms with van der Waals surface area (Å²) >= 11 is 19.2. The first-order valence-electron chi connectivity index (χ1n) is 6.23. The van der Waals surface area contributed by atoms with Gasteiger partial charge in [-0.25, -0.2) is 4.39 Å². The molecule has 2 rings (SSSR count). The van der Waals surface area contributed by atoms with Gasteiger partial charge in [0.05, 0.1) is 10.8 Å². The minimum atomic E-state index is -0.526. The molecule has 0 spiro atoms. The summed E-state index contributed by atoms with van der Waals surface area (Å²) in [5.41, 5.74) is 1.25. The Hall–Kier alpha value is -0.940. The molecule has 22 heavy (non-hydrogen) atoms. The van der Waals surface area contributed by atoms with Crippen LogP contribution in [0.15, 0.2) is 36.4 Å². The summed E-state index contributed by atoms with van der Waals surface area (Å²) in [6.07, 6.45) is 0. The lowest BCUT2D eigenvalue weighted by Crippen LogP contribution is -2.14. The Balaban J connectivity index is 1.86. The number of benzene rings is 2. The number of carbonyl (C=O) groups excluding carboxylic acids is 1. The van der Waals surface area contributed by atoms with Gasteiger partial charge in [0.25, 0.3) is 0 Å². The normalized spacial score (nSPS) is 10.5. The fourth-order valence-electron chi connectivity index (χ4n) is 1.69. The lowest BCUT2D eigenvalue weighted by atomic mass is 10.2. The molecule has 2 nitrogen and oxygen atoms in total. The summed E-state index contributed by atoms with van der Waals surface area (Å²) in [6.45, 7) is 0. The zero-order valence-corrected chi connectivity index (χ0v) is 14.3. The van der Waals surface area contributed by atoms with Crippen LogP contribution in [-0.2, 0) is 10.5 Å². The highest BCUT2D eigenvalue weighted by Gasteiger charge is 2.09. The van der Waals surface area contributed by atoms with Gasteiger partial charge < -0.3 is 5.32 Å². The van der Waals surface area contributed by atoms with Crippen LogP contribution in [-0.4, -0.2) is 11.7 Å². The Bertz CT molecular complexity index is 676. The van der Waals surface area contributed by atoms with E-state index in [9.17, 15) is 9.18 Å². The SMILES string of the molecule is O=C(CSCc1c(Cl)cccc1Cl)Nc1ccc(F)c(Cl)c1. The molecule has 0 heterocycles. The molecule has 7 heteroatoms. The van der Waals surface area contributed by atoms with E-state index in [1.807, 2.05) is 0 Å². The zero-order valence-electron chi connectivity index (χ0n) is 11.2. The maximum absolute atomic E-state index is 13.0. The molecule has 0 aliphatic heterocycles. The van der Waals surface area contributed by atoms with E-state index in [1.165, 1.54) is 30.0 Å². The van der Waals surface area contributed by atoms with Crippen molar-refractivity contribution in [1.29, 1.82) is 0 Å². The van der Waals surface area contributed by atoms with Crippen molar-refractivity contribution < 1.29 is 9.18 Å². The third kappa shape index (κ3) is 4.78. The van der Waals surface area contributed by atoms with Crippen LogP contribution >= 0.6 is 46.6 Å². The van der Waals surface area contributed by atoms with Crippen molar-refractivity contribution >= 4 is 58.2 Å². The van der Waals surface area contributed by atoms with Gasteiger partial charge in [0.2, 0.25) is 5.91 Å². The van der Waals surface area contributed by atoms with E-state index in [1.54, 1.807) is 18.2 Å². The monoisotopic (exact) mass is 377 g/mol. The van der Waals surface area contributed by atoms with Crippen molar-refractivity contribution in [2.24, 2.45) is 0 Å².